The molecule has 0 aliphatic rings. The number of aliphatic carboxylic acids is 1. The average molecular weight is 344 g/mol. The quantitative estimate of drug-likeness (QED) is 0.818. The Morgan fingerprint density at radius 3 is 2.40 bits per heavy atom. The molecule has 0 radical (unpaired) electrons. The number of halogens is 1. The molecule has 0 bridgehead atoms. The zero-order valence-electron chi connectivity index (χ0n) is 11.6. The third kappa shape index (κ3) is 4.61. The number of hydrogen-bond donors (Lipinski definition) is 2. The second-order valence-electron chi connectivity index (χ2n) is 5.43. The second-order valence-corrected chi connectivity index (χ2v) is 6.35. The fraction of sp³-hybridized carbons (Fsp3) is 0.429. The van der Waals surface area contributed by atoms with Gasteiger partial charge in [-0.2, -0.15) is 0 Å². The monoisotopic (exact) mass is 343 g/mol. The van der Waals surface area contributed by atoms with Gasteiger partial charge >= 0.3 is 11.9 Å². The third-order valence-electron chi connectivity index (χ3n) is 2.51. The van der Waals surface area contributed by atoms with Crippen LogP contribution in [0, 0.1) is 0 Å². The van der Waals surface area contributed by atoms with Gasteiger partial charge in [-0.25, -0.2) is 0 Å². The van der Waals surface area contributed by atoms with Crippen LogP contribution in [-0.4, -0.2) is 28.7 Å². The van der Waals surface area contributed by atoms with Gasteiger partial charge in [-0.15, -0.1) is 0 Å². The summed E-state index contributed by atoms with van der Waals surface area (Å²) in [6, 6.07) is 5.45. The number of carbonyl (C=O) groups is 2. The van der Waals surface area contributed by atoms with Gasteiger partial charge in [0.05, 0.1) is 0 Å². The van der Waals surface area contributed by atoms with Gasteiger partial charge < -0.3 is 15.6 Å². The van der Waals surface area contributed by atoms with Crippen LogP contribution in [0.15, 0.2) is 28.7 Å². The second kappa shape index (κ2) is 6.37. The number of carboxylic acid groups (broad SMARTS) is 1. The first-order chi connectivity index (χ1) is 9.11. The number of benzene rings is 1. The average Bonchev–Trinajstić information content (AvgIpc) is 2.26. The Morgan fingerprint density at radius 2 is 1.95 bits per heavy atom. The van der Waals surface area contributed by atoms with E-state index in [4.69, 9.17) is 15.6 Å². The van der Waals surface area contributed by atoms with Crippen molar-refractivity contribution in [2.45, 2.75) is 38.3 Å². The molecule has 20 heavy (non-hydrogen) atoms. The molecule has 0 aliphatic carbocycles. The maximum atomic E-state index is 12.2. The van der Waals surface area contributed by atoms with Crippen molar-refractivity contribution in [3.05, 3.63) is 34.3 Å². The van der Waals surface area contributed by atoms with Crippen LogP contribution < -0.4 is 5.73 Å². The van der Waals surface area contributed by atoms with Gasteiger partial charge in [0.25, 0.3) is 0 Å². The number of hydrogen-bond acceptors (Lipinski definition) is 4. The molecule has 0 saturated carbocycles. The molecule has 1 aromatic rings. The van der Waals surface area contributed by atoms with Crippen LogP contribution in [0.3, 0.4) is 0 Å². The van der Waals surface area contributed by atoms with Crippen LogP contribution in [0.1, 0.15) is 32.3 Å². The number of carboxylic acids is 1. The van der Waals surface area contributed by atoms with Gasteiger partial charge in [-0.1, -0.05) is 28.1 Å². The molecule has 1 aromatic carbocycles. The first kappa shape index (κ1) is 16.7. The molecule has 0 saturated heterocycles. The molecule has 3 N–H and O–H groups in total. The highest BCUT2D eigenvalue weighted by Crippen LogP contribution is 2.26. The zero-order valence-corrected chi connectivity index (χ0v) is 13.2. The van der Waals surface area contributed by atoms with Gasteiger partial charge in [-0.05, 0) is 38.5 Å². The molecule has 1 rings (SSSR count). The lowest BCUT2D eigenvalue weighted by molar-refractivity contribution is -0.160. The van der Waals surface area contributed by atoms with Crippen molar-refractivity contribution in [3.63, 3.8) is 0 Å². The van der Waals surface area contributed by atoms with Crippen molar-refractivity contribution in [1.29, 1.82) is 0 Å². The van der Waals surface area contributed by atoms with E-state index < -0.39 is 29.5 Å². The minimum absolute atomic E-state index is 0.503. The summed E-state index contributed by atoms with van der Waals surface area (Å²) in [5, 5.41) is 9.09. The molecule has 0 fully saturated rings. The Labute approximate surface area is 126 Å². The number of esters is 1. The lowest BCUT2D eigenvalue weighted by Crippen LogP contribution is -2.42. The standard InChI is InChI=1S/C14H18BrNO4/c1-14(2,3)20-13(19)10(11(16)12(17)18)8-5-4-6-9(15)7-8/h4-7,10-11H,16H2,1-3H3,(H,17,18). The summed E-state index contributed by atoms with van der Waals surface area (Å²) >= 11 is 3.29. The molecule has 6 heteroatoms. The fourth-order valence-electron chi connectivity index (χ4n) is 1.70. The normalized spacial score (nSPS) is 14.4. The van der Waals surface area contributed by atoms with Crippen molar-refractivity contribution < 1.29 is 19.4 Å². The van der Waals surface area contributed by atoms with Crippen molar-refractivity contribution in [1.82, 2.24) is 0 Å². The molecule has 0 heterocycles. The van der Waals surface area contributed by atoms with E-state index >= 15 is 0 Å². The maximum absolute atomic E-state index is 12.2. The molecule has 2 atom stereocenters. The van der Waals surface area contributed by atoms with E-state index in [2.05, 4.69) is 15.9 Å². The van der Waals surface area contributed by atoms with Crippen LogP contribution in [0.2, 0.25) is 0 Å². The van der Waals surface area contributed by atoms with E-state index in [-0.39, 0.29) is 0 Å². The predicted octanol–water partition coefficient (Wildman–Crippen LogP) is 2.29. The Bertz CT molecular complexity index is 510. The molecular weight excluding hydrogens is 326 g/mol. The smallest absolute Gasteiger partial charge is 0.321 e. The van der Waals surface area contributed by atoms with Gasteiger partial charge in [-0.3, -0.25) is 9.59 Å². The molecule has 0 amide bonds. The van der Waals surface area contributed by atoms with Crippen molar-refractivity contribution in [2.75, 3.05) is 0 Å². The first-order valence-electron chi connectivity index (χ1n) is 6.08. The highest BCUT2D eigenvalue weighted by atomic mass is 79.9. The topological polar surface area (TPSA) is 89.6 Å². The Hall–Kier alpha value is -1.40. The summed E-state index contributed by atoms with van der Waals surface area (Å²) in [6.07, 6.45) is 0. The number of nitrogens with two attached hydrogens (primary N) is 1. The summed E-state index contributed by atoms with van der Waals surface area (Å²) in [5.41, 5.74) is 5.44. The summed E-state index contributed by atoms with van der Waals surface area (Å²) in [4.78, 5) is 23.4. The molecule has 110 valence electrons. The van der Waals surface area contributed by atoms with Crippen LogP contribution in [0.25, 0.3) is 0 Å². The molecule has 0 spiro atoms. The lowest BCUT2D eigenvalue weighted by atomic mass is 9.91. The molecule has 0 aromatic heterocycles. The Kier molecular flexibility index (Phi) is 5.30. The zero-order chi connectivity index (χ0) is 15.5. The van der Waals surface area contributed by atoms with Gasteiger partial charge in [0.2, 0.25) is 0 Å². The van der Waals surface area contributed by atoms with Crippen molar-refractivity contribution >= 4 is 27.9 Å². The van der Waals surface area contributed by atoms with Gasteiger partial charge in [0.15, 0.2) is 0 Å². The van der Waals surface area contributed by atoms with Crippen molar-refractivity contribution in [2.24, 2.45) is 5.73 Å². The van der Waals surface area contributed by atoms with Gasteiger partial charge in [0, 0.05) is 4.47 Å². The van der Waals surface area contributed by atoms with Crippen LogP contribution in [0.4, 0.5) is 0 Å². The van der Waals surface area contributed by atoms with Crippen molar-refractivity contribution in [3.8, 4) is 0 Å². The highest BCUT2D eigenvalue weighted by molar-refractivity contribution is 9.10. The van der Waals surface area contributed by atoms with E-state index in [1.54, 1.807) is 45.0 Å². The Balaban J connectivity index is 3.15. The van der Waals surface area contributed by atoms with E-state index in [9.17, 15) is 9.59 Å². The maximum Gasteiger partial charge on any atom is 0.321 e. The molecular formula is C14H18BrNO4. The number of carbonyl (C=O) groups excluding carboxylic acids is 1. The van der Waals surface area contributed by atoms with E-state index in [0.29, 0.717) is 5.56 Å². The largest absolute Gasteiger partial charge is 0.480 e. The number of rotatable bonds is 4. The highest BCUT2D eigenvalue weighted by Gasteiger charge is 2.35. The van der Waals surface area contributed by atoms with E-state index in [1.807, 2.05) is 0 Å². The fourth-order valence-corrected chi connectivity index (χ4v) is 2.11. The van der Waals surface area contributed by atoms with E-state index in [1.165, 1.54) is 0 Å². The minimum atomic E-state index is -1.36. The van der Waals surface area contributed by atoms with Gasteiger partial charge in [0.1, 0.15) is 17.6 Å². The molecule has 5 nitrogen and oxygen atoms in total. The SMILES string of the molecule is CC(C)(C)OC(=O)C(c1cccc(Br)c1)C(N)C(=O)O. The molecule has 2 unspecified atom stereocenters. The first-order valence-corrected chi connectivity index (χ1v) is 6.88. The van der Waals surface area contributed by atoms with Crippen LogP contribution in [-0.2, 0) is 14.3 Å². The summed E-state index contributed by atoms with van der Waals surface area (Å²) < 4.78 is 6.01. The van der Waals surface area contributed by atoms with Crippen LogP contribution in [0.5, 0.6) is 0 Å². The summed E-state index contributed by atoms with van der Waals surface area (Å²) in [6.45, 7) is 5.15. The van der Waals surface area contributed by atoms with E-state index in [0.717, 1.165) is 4.47 Å². The predicted molar refractivity (Wildman–Crippen MR) is 78.3 cm³/mol. The third-order valence-corrected chi connectivity index (χ3v) is 3.01. The Morgan fingerprint density at radius 1 is 1.35 bits per heavy atom. The minimum Gasteiger partial charge on any atom is -0.480 e. The lowest BCUT2D eigenvalue weighted by Gasteiger charge is -2.26. The number of ether oxygens (including phenoxy) is 1. The molecule has 0 aliphatic heterocycles. The van der Waals surface area contributed by atoms with Crippen LogP contribution >= 0.6 is 15.9 Å². The summed E-state index contributed by atoms with van der Waals surface area (Å²) in [7, 11) is 0. The summed E-state index contributed by atoms with van der Waals surface area (Å²) in [5.74, 6) is -2.95.